The lowest BCUT2D eigenvalue weighted by Gasteiger charge is -2.29. The summed E-state index contributed by atoms with van der Waals surface area (Å²) in [5.74, 6) is 0. The molecule has 17 heavy (non-hydrogen) atoms. The lowest BCUT2D eigenvalue weighted by molar-refractivity contribution is 0.133. The summed E-state index contributed by atoms with van der Waals surface area (Å²) in [7, 11) is 0. The van der Waals surface area contributed by atoms with Crippen molar-refractivity contribution in [2.24, 2.45) is 11.1 Å². The Balaban J connectivity index is 2.80. The van der Waals surface area contributed by atoms with Crippen LogP contribution in [0.5, 0.6) is 0 Å². The number of hydrogen-bond acceptors (Lipinski definition) is 2. The molecule has 2 nitrogen and oxygen atoms in total. The van der Waals surface area contributed by atoms with Crippen molar-refractivity contribution in [2.75, 3.05) is 0 Å². The van der Waals surface area contributed by atoms with E-state index in [0.29, 0.717) is 22.0 Å². The van der Waals surface area contributed by atoms with Crippen LogP contribution in [0.1, 0.15) is 38.9 Å². The maximum atomic E-state index is 10.1. The van der Waals surface area contributed by atoms with Crippen molar-refractivity contribution in [1.82, 2.24) is 0 Å². The quantitative estimate of drug-likeness (QED) is 0.882. The summed E-state index contributed by atoms with van der Waals surface area (Å²) in [4.78, 5) is 0. The molecule has 1 aromatic rings. The molecule has 0 amide bonds. The van der Waals surface area contributed by atoms with E-state index in [9.17, 15) is 5.11 Å². The molecule has 1 aromatic carbocycles. The number of nitrogens with two attached hydrogens (primary N) is 1. The Labute approximate surface area is 113 Å². The number of benzene rings is 1. The van der Waals surface area contributed by atoms with Gasteiger partial charge in [-0.05, 0) is 29.5 Å². The van der Waals surface area contributed by atoms with Crippen LogP contribution in [-0.2, 0) is 0 Å². The molecule has 0 saturated carbocycles. The second-order valence-electron chi connectivity index (χ2n) is 5.39. The summed E-state index contributed by atoms with van der Waals surface area (Å²) in [5, 5.41) is 11.2. The summed E-state index contributed by atoms with van der Waals surface area (Å²) in [6.07, 6.45) is -0.181. The van der Waals surface area contributed by atoms with Gasteiger partial charge in [-0.1, -0.05) is 50.0 Å². The molecule has 2 atom stereocenters. The second-order valence-corrected chi connectivity index (χ2v) is 6.23. The van der Waals surface area contributed by atoms with Gasteiger partial charge < -0.3 is 10.8 Å². The highest BCUT2D eigenvalue weighted by atomic mass is 35.5. The van der Waals surface area contributed by atoms with Crippen molar-refractivity contribution in [2.45, 2.75) is 39.3 Å². The second kappa shape index (κ2) is 5.57. The molecule has 3 N–H and O–H groups in total. The third kappa shape index (κ3) is 4.14. The standard InChI is InChI=1S/C13H19Cl2NO/c1-13(2,3)12(16)7-11(17)9-5-4-8(14)6-10(9)15/h4-6,11-12,17H,7,16H2,1-3H3/t11-,12-/m0/s1. The fourth-order valence-electron chi connectivity index (χ4n) is 1.49. The summed E-state index contributed by atoms with van der Waals surface area (Å²) in [5.41, 5.74) is 6.67. The molecule has 0 aromatic heterocycles. The Morgan fingerprint density at radius 1 is 1.29 bits per heavy atom. The first-order valence-corrected chi connectivity index (χ1v) is 6.36. The van der Waals surface area contributed by atoms with E-state index in [0.717, 1.165) is 0 Å². The Hall–Kier alpha value is -0.280. The summed E-state index contributed by atoms with van der Waals surface area (Å²) >= 11 is 11.8. The van der Waals surface area contributed by atoms with Crippen LogP contribution in [0.2, 0.25) is 10.0 Å². The highest BCUT2D eigenvalue weighted by molar-refractivity contribution is 6.35. The van der Waals surface area contributed by atoms with Gasteiger partial charge in [0.05, 0.1) is 6.10 Å². The van der Waals surface area contributed by atoms with E-state index in [4.69, 9.17) is 28.9 Å². The third-order valence-electron chi connectivity index (χ3n) is 2.91. The average molecular weight is 276 g/mol. The van der Waals surface area contributed by atoms with Gasteiger partial charge >= 0.3 is 0 Å². The zero-order chi connectivity index (χ0) is 13.2. The molecule has 0 aliphatic carbocycles. The highest BCUT2D eigenvalue weighted by Gasteiger charge is 2.24. The van der Waals surface area contributed by atoms with E-state index in [1.54, 1.807) is 18.2 Å². The Bertz CT molecular complexity index is 387. The van der Waals surface area contributed by atoms with Gasteiger partial charge in [-0.15, -0.1) is 0 Å². The first-order chi connectivity index (χ1) is 7.71. The van der Waals surface area contributed by atoms with Gasteiger partial charge in [-0.25, -0.2) is 0 Å². The lowest BCUT2D eigenvalue weighted by Crippen LogP contribution is -2.36. The smallest absolute Gasteiger partial charge is 0.0819 e. The minimum Gasteiger partial charge on any atom is -0.388 e. The Morgan fingerprint density at radius 3 is 2.35 bits per heavy atom. The fourth-order valence-corrected chi connectivity index (χ4v) is 2.03. The van der Waals surface area contributed by atoms with Crippen LogP contribution in [0, 0.1) is 5.41 Å². The predicted molar refractivity (Wildman–Crippen MR) is 73.5 cm³/mol. The van der Waals surface area contributed by atoms with Crippen LogP contribution in [0.4, 0.5) is 0 Å². The van der Waals surface area contributed by atoms with Crippen LogP contribution in [0.25, 0.3) is 0 Å². The monoisotopic (exact) mass is 275 g/mol. The lowest BCUT2D eigenvalue weighted by atomic mass is 9.83. The maximum absolute atomic E-state index is 10.1. The van der Waals surface area contributed by atoms with Gasteiger partial charge in [0.2, 0.25) is 0 Å². The van der Waals surface area contributed by atoms with Crippen LogP contribution in [0.15, 0.2) is 18.2 Å². The van der Waals surface area contributed by atoms with E-state index in [1.807, 2.05) is 20.8 Å². The molecule has 0 heterocycles. The molecule has 0 bridgehead atoms. The molecular weight excluding hydrogens is 257 g/mol. The van der Waals surface area contributed by atoms with Crippen molar-refractivity contribution in [3.8, 4) is 0 Å². The maximum Gasteiger partial charge on any atom is 0.0819 e. The molecular formula is C13H19Cl2NO. The van der Waals surface area contributed by atoms with Gasteiger partial charge in [0.1, 0.15) is 0 Å². The predicted octanol–water partition coefficient (Wildman–Crippen LogP) is 3.79. The van der Waals surface area contributed by atoms with Gasteiger partial charge in [0.15, 0.2) is 0 Å². The number of halogens is 2. The summed E-state index contributed by atoms with van der Waals surface area (Å²) in [6, 6.07) is 4.99. The van der Waals surface area contributed by atoms with Crippen LogP contribution in [0.3, 0.4) is 0 Å². The number of aliphatic hydroxyl groups is 1. The fraction of sp³-hybridized carbons (Fsp3) is 0.538. The van der Waals surface area contributed by atoms with Crippen LogP contribution in [-0.4, -0.2) is 11.1 Å². The van der Waals surface area contributed by atoms with E-state index in [2.05, 4.69) is 0 Å². The van der Waals surface area contributed by atoms with Crippen LogP contribution < -0.4 is 5.73 Å². The van der Waals surface area contributed by atoms with Crippen molar-refractivity contribution in [1.29, 1.82) is 0 Å². The minimum absolute atomic E-state index is 0.0418. The topological polar surface area (TPSA) is 46.2 Å². The number of aliphatic hydroxyl groups excluding tert-OH is 1. The SMILES string of the molecule is CC(C)(C)[C@@H](N)C[C@H](O)c1ccc(Cl)cc1Cl. The molecule has 0 aliphatic rings. The normalized spacial score (nSPS) is 15.7. The van der Waals surface area contributed by atoms with E-state index < -0.39 is 6.10 Å². The van der Waals surface area contributed by atoms with Gasteiger partial charge in [0.25, 0.3) is 0 Å². The summed E-state index contributed by atoms with van der Waals surface area (Å²) < 4.78 is 0. The van der Waals surface area contributed by atoms with Crippen molar-refractivity contribution in [3.05, 3.63) is 33.8 Å². The minimum atomic E-state index is -0.658. The molecule has 0 aliphatic heterocycles. The van der Waals surface area contributed by atoms with E-state index >= 15 is 0 Å². The number of rotatable bonds is 3. The van der Waals surface area contributed by atoms with Crippen molar-refractivity contribution >= 4 is 23.2 Å². The van der Waals surface area contributed by atoms with Crippen molar-refractivity contribution < 1.29 is 5.11 Å². The molecule has 96 valence electrons. The highest BCUT2D eigenvalue weighted by Crippen LogP contribution is 2.31. The molecule has 0 saturated heterocycles. The van der Waals surface area contributed by atoms with Gasteiger partial charge in [0, 0.05) is 16.1 Å². The average Bonchev–Trinajstić information content (AvgIpc) is 2.15. The Morgan fingerprint density at radius 2 is 1.88 bits per heavy atom. The first kappa shape index (κ1) is 14.8. The molecule has 1 rings (SSSR count). The zero-order valence-corrected chi connectivity index (χ0v) is 11.9. The van der Waals surface area contributed by atoms with Gasteiger partial charge in [-0.3, -0.25) is 0 Å². The number of hydrogen-bond donors (Lipinski definition) is 2. The van der Waals surface area contributed by atoms with Crippen molar-refractivity contribution in [3.63, 3.8) is 0 Å². The summed E-state index contributed by atoms with van der Waals surface area (Å²) in [6.45, 7) is 6.15. The molecule has 0 unspecified atom stereocenters. The third-order valence-corrected chi connectivity index (χ3v) is 3.47. The Kier molecular flexibility index (Phi) is 4.85. The van der Waals surface area contributed by atoms with Crippen LogP contribution >= 0.6 is 23.2 Å². The van der Waals surface area contributed by atoms with Gasteiger partial charge in [-0.2, -0.15) is 0 Å². The zero-order valence-electron chi connectivity index (χ0n) is 10.4. The molecule has 4 heteroatoms. The largest absolute Gasteiger partial charge is 0.388 e. The van der Waals surface area contributed by atoms with E-state index in [-0.39, 0.29) is 11.5 Å². The first-order valence-electron chi connectivity index (χ1n) is 5.60. The molecule has 0 fully saturated rings. The van der Waals surface area contributed by atoms with E-state index in [1.165, 1.54) is 0 Å². The molecule has 0 spiro atoms. The molecule has 0 radical (unpaired) electrons.